The van der Waals surface area contributed by atoms with Crippen LogP contribution in [0.2, 0.25) is 0 Å². The summed E-state index contributed by atoms with van der Waals surface area (Å²) in [6, 6.07) is 2.90. The molecular formula is C16H15F2N3O3S. The van der Waals surface area contributed by atoms with Crippen LogP contribution >= 0.6 is 0 Å². The fraction of sp³-hybridized carbons (Fsp3) is 0.250. The maximum atomic E-state index is 13.3. The highest BCUT2D eigenvalue weighted by atomic mass is 32.2. The molecule has 2 aliphatic rings. The van der Waals surface area contributed by atoms with Gasteiger partial charge < -0.3 is 10.2 Å². The summed E-state index contributed by atoms with van der Waals surface area (Å²) >= 11 is 0. The van der Waals surface area contributed by atoms with Crippen LogP contribution < -0.4 is 5.32 Å². The van der Waals surface area contributed by atoms with Crippen molar-refractivity contribution in [3.8, 4) is 0 Å². The summed E-state index contributed by atoms with van der Waals surface area (Å²) in [7, 11) is -3.45. The summed E-state index contributed by atoms with van der Waals surface area (Å²) in [5.41, 5.74) is 0.742. The van der Waals surface area contributed by atoms with Crippen LogP contribution in [0.1, 0.15) is 18.5 Å². The van der Waals surface area contributed by atoms with E-state index < -0.39 is 33.6 Å². The van der Waals surface area contributed by atoms with Gasteiger partial charge in [-0.2, -0.15) is 0 Å². The van der Waals surface area contributed by atoms with Gasteiger partial charge in [-0.25, -0.2) is 17.2 Å². The minimum atomic E-state index is -3.45. The molecule has 25 heavy (non-hydrogen) atoms. The first-order valence-corrected chi connectivity index (χ1v) is 9.11. The zero-order valence-electron chi connectivity index (χ0n) is 13.2. The molecule has 0 bridgehead atoms. The van der Waals surface area contributed by atoms with Crippen molar-refractivity contribution in [3.63, 3.8) is 0 Å². The highest BCUT2D eigenvalue weighted by molar-refractivity contribution is 7.90. The molecule has 9 heteroatoms. The normalized spacial score (nSPS) is 19.6. The Bertz CT molecular complexity index is 923. The van der Waals surface area contributed by atoms with Crippen molar-refractivity contribution >= 4 is 21.8 Å². The van der Waals surface area contributed by atoms with E-state index in [4.69, 9.17) is 0 Å². The molecule has 0 fully saturated rings. The summed E-state index contributed by atoms with van der Waals surface area (Å²) < 4.78 is 52.9. The third-order valence-electron chi connectivity index (χ3n) is 3.88. The van der Waals surface area contributed by atoms with Crippen LogP contribution in [0.3, 0.4) is 0 Å². The quantitative estimate of drug-likeness (QED) is 0.881. The molecule has 0 aliphatic carbocycles. The number of benzene rings is 1. The molecule has 0 spiro atoms. The Labute approximate surface area is 143 Å². The minimum Gasteiger partial charge on any atom is -0.345 e. The summed E-state index contributed by atoms with van der Waals surface area (Å²) in [6.07, 6.45) is 4.43. The van der Waals surface area contributed by atoms with Gasteiger partial charge in [-0.1, -0.05) is 6.07 Å². The number of rotatable bonds is 3. The van der Waals surface area contributed by atoms with Crippen molar-refractivity contribution in [1.82, 2.24) is 10.2 Å². The molecule has 2 heterocycles. The van der Waals surface area contributed by atoms with Gasteiger partial charge in [0.05, 0.1) is 17.4 Å². The van der Waals surface area contributed by atoms with E-state index in [-0.39, 0.29) is 18.1 Å². The van der Waals surface area contributed by atoms with E-state index in [1.165, 1.54) is 24.4 Å². The van der Waals surface area contributed by atoms with E-state index in [2.05, 4.69) is 9.71 Å². The number of amides is 1. The highest BCUT2D eigenvalue weighted by Crippen LogP contribution is 2.19. The molecule has 1 aromatic rings. The van der Waals surface area contributed by atoms with E-state index in [1.807, 2.05) is 0 Å². The fourth-order valence-electron chi connectivity index (χ4n) is 2.48. The van der Waals surface area contributed by atoms with E-state index in [1.54, 1.807) is 11.8 Å². The number of hydrogen-bond acceptors (Lipinski definition) is 4. The Kier molecular flexibility index (Phi) is 4.42. The zero-order chi connectivity index (χ0) is 18.2. The van der Waals surface area contributed by atoms with Gasteiger partial charge in [0.25, 0.3) is 15.9 Å². The number of nitrogens with zero attached hydrogens (tertiary/aromatic N) is 2. The molecule has 0 saturated heterocycles. The van der Waals surface area contributed by atoms with Crippen LogP contribution in [0.25, 0.3) is 0 Å². The van der Waals surface area contributed by atoms with Gasteiger partial charge in [-0.3, -0.25) is 4.79 Å². The second-order valence-corrected chi connectivity index (χ2v) is 7.47. The van der Waals surface area contributed by atoms with Gasteiger partial charge in [0.15, 0.2) is 11.6 Å². The molecule has 1 amide bonds. The SMILES string of the molecule is CC(NC(=O)C1=CN2CCS(=O)(=O)N=C2C=C1)c1ccc(F)c(F)c1. The Morgan fingerprint density at radius 1 is 1.28 bits per heavy atom. The van der Waals surface area contributed by atoms with Gasteiger partial charge in [-0.05, 0) is 36.8 Å². The monoisotopic (exact) mass is 367 g/mol. The van der Waals surface area contributed by atoms with Crippen molar-refractivity contribution < 1.29 is 22.0 Å². The van der Waals surface area contributed by atoms with Crippen LogP contribution in [0.15, 0.2) is 46.5 Å². The number of carbonyl (C=O) groups excluding carboxylic acids is 1. The summed E-state index contributed by atoms with van der Waals surface area (Å²) in [4.78, 5) is 13.9. The second kappa shape index (κ2) is 6.40. The standard InChI is InChI=1S/C16H15F2N3O3S/c1-10(11-2-4-13(17)14(18)8-11)19-16(22)12-3-5-15-20-25(23,24)7-6-21(15)9-12/h2-5,8-10H,6-7H2,1H3,(H,19,22). The van der Waals surface area contributed by atoms with Gasteiger partial charge in [0.2, 0.25) is 0 Å². The first-order chi connectivity index (χ1) is 11.7. The lowest BCUT2D eigenvalue weighted by molar-refractivity contribution is -0.117. The molecule has 0 saturated carbocycles. The Morgan fingerprint density at radius 3 is 2.76 bits per heavy atom. The lowest BCUT2D eigenvalue weighted by Crippen LogP contribution is -2.38. The number of halogens is 2. The summed E-state index contributed by atoms with van der Waals surface area (Å²) in [5.74, 6) is -2.21. The number of nitrogens with one attached hydrogen (secondary N) is 1. The summed E-state index contributed by atoms with van der Waals surface area (Å²) in [5, 5.41) is 2.69. The van der Waals surface area contributed by atoms with Gasteiger partial charge >= 0.3 is 0 Å². The van der Waals surface area contributed by atoms with E-state index in [0.29, 0.717) is 11.1 Å². The number of fused-ring (bicyclic) bond motifs is 1. The Morgan fingerprint density at radius 2 is 2.04 bits per heavy atom. The van der Waals surface area contributed by atoms with Crippen molar-refractivity contribution in [1.29, 1.82) is 0 Å². The predicted molar refractivity (Wildman–Crippen MR) is 88.1 cm³/mol. The zero-order valence-corrected chi connectivity index (χ0v) is 14.1. The predicted octanol–water partition coefficient (Wildman–Crippen LogP) is 1.64. The average Bonchev–Trinajstić information content (AvgIpc) is 2.56. The molecule has 132 valence electrons. The number of carbonyl (C=O) groups is 1. The molecule has 1 aromatic carbocycles. The van der Waals surface area contributed by atoms with E-state index in [0.717, 1.165) is 12.1 Å². The molecule has 6 nitrogen and oxygen atoms in total. The van der Waals surface area contributed by atoms with Crippen LogP contribution in [-0.2, 0) is 14.8 Å². The van der Waals surface area contributed by atoms with Crippen molar-refractivity contribution in [3.05, 3.63) is 59.3 Å². The first kappa shape index (κ1) is 17.3. The topological polar surface area (TPSA) is 78.8 Å². The molecule has 1 N–H and O–H groups in total. The molecular weight excluding hydrogens is 352 g/mol. The molecule has 2 aliphatic heterocycles. The van der Waals surface area contributed by atoms with Crippen LogP contribution in [0.5, 0.6) is 0 Å². The second-order valence-electron chi connectivity index (χ2n) is 5.72. The third-order valence-corrected chi connectivity index (χ3v) is 5.04. The van der Waals surface area contributed by atoms with Gasteiger partial charge in [0.1, 0.15) is 5.84 Å². The van der Waals surface area contributed by atoms with Crippen LogP contribution in [0.4, 0.5) is 8.78 Å². The number of amidine groups is 1. The molecule has 0 aromatic heterocycles. The van der Waals surface area contributed by atoms with Crippen molar-refractivity contribution in [2.24, 2.45) is 4.40 Å². The average molecular weight is 367 g/mol. The minimum absolute atomic E-state index is 0.124. The molecule has 1 atom stereocenters. The summed E-state index contributed by atoms with van der Waals surface area (Å²) in [6.45, 7) is 1.86. The van der Waals surface area contributed by atoms with E-state index in [9.17, 15) is 22.0 Å². The van der Waals surface area contributed by atoms with Crippen LogP contribution in [0, 0.1) is 11.6 Å². The van der Waals surface area contributed by atoms with Crippen molar-refractivity contribution in [2.45, 2.75) is 13.0 Å². The lowest BCUT2D eigenvalue weighted by Gasteiger charge is -2.27. The lowest BCUT2D eigenvalue weighted by atomic mass is 10.1. The molecule has 0 radical (unpaired) electrons. The number of sulfonamides is 1. The number of hydrogen-bond donors (Lipinski definition) is 1. The van der Waals surface area contributed by atoms with Gasteiger partial charge in [0, 0.05) is 12.7 Å². The smallest absolute Gasteiger partial charge is 0.256 e. The highest BCUT2D eigenvalue weighted by Gasteiger charge is 2.25. The molecule has 3 rings (SSSR count). The largest absolute Gasteiger partial charge is 0.345 e. The maximum Gasteiger partial charge on any atom is 0.256 e. The third kappa shape index (κ3) is 3.76. The van der Waals surface area contributed by atoms with Crippen LogP contribution in [-0.4, -0.2) is 37.4 Å². The molecule has 1 unspecified atom stereocenters. The van der Waals surface area contributed by atoms with Crippen molar-refractivity contribution in [2.75, 3.05) is 12.3 Å². The van der Waals surface area contributed by atoms with Gasteiger partial charge in [-0.15, -0.1) is 4.40 Å². The van der Waals surface area contributed by atoms with E-state index >= 15 is 0 Å². The Hall–Kier alpha value is -2.55. The fourth-order valence-corrected chi connectivity index (χ4v) is 3.45. The maximum absolute atomic E-state index is 13.3. The first-order valence-electron chi connectivity index (χ1n) is 7.50. The Balaban J connectivity index is 1.73.